The van der Waals surface area contributed by atoms with Crippen LogP contribution in [0.2, 0.25) is 0 Å². The van der Waals surface area contributed by atoms with Crippen LogP contribution >= 0.6 is 0 Å². The SMILES string of the molecule is C[C@]12O[C@](C)(C[C@@H]1C#N)[C@H]1C(=O)N(c3ccc(C#N)c(C(F)(F)F)c3)C(=O)[C@H]12. The zero-order chi connectivity index (χ0) is 20.6. The molecule has 0 radical (unpaired) electrons. The van der Waals surface area contributed by atoms with E-state index >= 15 is 0 Å². The van der Waals surface area contributed by atoms with Gasteiger partial charge < -0.3 is 4.74 Å². The van der Waals surface area contributed by atoms with E-state index in [0.717, 1.165) is 17.0 Å². The van der Waals surface area contributed by atoms with Crippen molar-refractivity contribution in [2.24, 2.45) is 17.8 Å². The highest BCUT2D eigenvalue weighted by Crippen LogP contribution is 2.63. The van der Waals surface area contributed by atoms with Crippen molar-refractivity contribution in [1.82, 2.24) is 0 Å². The maximum absolute atomic E-state index is 13.3. The molecule has 0 saturated carbocycles. The number of hydrogen-bond acceptors (Lipinski definition) is 5. The molecule has 3 fully saturated rings. The van der Waals surface area contributed by atoms with Crippen LogP contribution in [-0.4, -0.2) is 23.0 Å². The molecule has 0 N–H and O–H groups in total. The average Bonchev–Trinajstić information content (AvgIpc) is 3.14. The zero-order valence-electron chi connectivity index (χ0n) is 14.9. The minimum Gasteiger partial charge on any atom is -0.366 e. The molecule has 5 atom stereocenters. The Kier molecular flexibility index (Phi) is 3.51. The molecule has 0 unspecified atom stereocenters. The molecule has 144 valence electrons. The molecule has 0 aromatic heterocycles. The van der Waals surface area contributed by atoms with Crippen LogP contribution in [0.4, 0.5) is 18.9 Å². The van der Waals surface area contributed by atoms with Crippen molar-refractivity contribution in [2.45, 2.75) is 37.6 Å². The van der Waals surface area contributed by atoms with Crippen molar-refractivity contribution >= 4 is 17.5 Å². The predicted molar refractivity (Wildman–Crippen MR) is 87.2 cm³/mol. The van der Waals surface area contributed by atoms with Gasteiger partial charge >= 0.3 is 6.18 Å². The van der Waals surface area contributed by atoms with Crippen LogP contribution in [0.3, 0.4) is 0 Å². The Morgan fingerprint density at radius 3 is 2.39 bits per heavy atom. The lowest BCUT2D eigenvalue weighted by atomic mass is 9.64. The summed E-state index contributed by atoms with van der Waals surface area (Å²) >= 11 is 0. The number of rotatable bonds is 1. The molecule has 9 heteroatoms. The van der Waals surface area contributed by atoms with Crippen LogP contribution in [0.15, 0.2) is 18.2 Å². The van der Waals surface area contributed by atoms with Gasteiger partial charge in [0.1, 0.15) is 0 Å². The summed E-state index contributed by atoms with van der Waals surface area (Å²) in [6, 6.07) is 6.32. The fourth-order valence-electron chi connectivity index (χ4n) is 4.99. The number of imide groups is 1. The molecule has 0 spiro atoms. The summed E-state index contributed by atoms with van der Waals surface area (Å²) in [6.07, 6.45) is -4.54. The molecule has 0 aliphatic carbocycles. The van der Waals surface area contributed by atoms with Gasteiger partial charge in [-0.1, -0.05) is 0 Å². The maximum Gasteiger partial charge on any atom is 0.417 e. The van der Waals surface area contributed by atoms with Crippen LogP contribution in [0.1, 0.15) is 31.4 Å². The molecule has 3 heterocycles. The van der Waals surface area contributed by atoms with Crippen molar-refractivity contribution in [3.8, 4) is 12.1 Å². The lowest BCUT2D eigenvalue weighted by molar-refractivity contribution is -0.138. The van der Waals surface area contributed by atoms with Gasteiger partial charge in [0.15, 0.2) is 0 Å². The number of hydrogen-bond donors (Lipinski definition) is 0. The number of anilines is 1. The van der Waals surface area contributed by atoms with E-state index in [-0.39, 0.29) is 12.1 Å². The molecule has 4 rings (SSSR count). The van der Waals surface area contributed by atoms with E-state index in [2.05, 4.69) is 6.07 Å². The van der Waals surface area contributed by atoms with Crippen LogP contribution in [-0.2, 0) is 20.5 Å². The standard InChI is InChI=1S/C19H14F3N3O3/c1-17-6-10(8-24)18(2,28-17)14-13(17)15(26)25(16(14)27)11-4-3-9(7-23)12(5-11)19(20,21)22/h3-5,10,13-14H,6H2,1-2H3/t10-,13-,14+,17-,18+/m1/s1. The molecule has 1 aromatic rings. The Hall–Kier alpha value is -2.91. The smallest absolute Gasteiger partial charge is 0.366 e. The number of fused-ring (bicyclic) bond motifs is 5. The fourth-order valence-corrected chi connectivity index (χ4v) is 4.99. The van der Waals surface area contributed by atoms with Gasteiger partial charge in [-0.3, -0.25) is 9.59 Å². The highest BCUT2D eigenvalue weighted by molar-refractivity contribution is 6.23. The van der Waals surface area contributed by atoms with Gasteiger partial charge in [0, 0.05) is 0 Å². The van der Waals surface area contributed by atoms with Gasteiger partial charge in [-0.05, 0) is 38.5 Å². The van der Waals surface area contributed by atoms with E-state index in [1.54, 1.807) is 13.8 Å². The van der Waals surface area contributed by atoms with E-state index in [0.29, 0.717) is 6.07 Å². The van der Waals surface area contributed by atoms with Gasteiger partial charge in [-0.2, -0.15) is 23.7 Å². The number of alkyl halides is 3. The Labute approximate surface area is 158 Å². The number of nitrogens with zero attached hydrogens (tertiary/aromatic N) is 3. The Balaban J connectivity index is 1.81. The number of benzene rings is 1. The summed E-state index contributed by atoms with van der Waals surface area (Å²) in [5, 5.41) is 18.3. The van der Waals surface area contributed by atoms with Crippen molar-refractivity contribution in [3.63, 3.8) is 0 Å². The minimum atomic E-state index is -4.81. The second-order valence-corrected chi connectivity index (χ2v) is 7.79. The first-order valence-corrected chi connectivity index (χ1v) is 8.57. The van der Waals surface area contributed by atoms with Gasteiger partial charge in [0.2, 0.25) is 11.8 Å². The van der Waals surface area contributed by atoms with Crippen molar-refractivity contribution in [3.05, 3.63) is 29.3 Å². The number of carbonyl (C=O) groups is 2. The quantitative estimate of drug-likeness (QED) is 0.689. The molecular formula is C19H14F3N3O3. The van der Waals surface area contributed by atoms with Crippen LogP contribution in [0.5, 0.6) is 0 Å². The topological polar surface area (TPSA) is 94.2 Å². The van der Waals surface area contributed by atoms with Crippen molar-refractivity contribution in [1.29, 1.82) is 10.5 Å². The zero-order valence-corrected chi connectivity index (χ0v) is 14.9. The van der Waals surface area contributed by atoms with Crippen LogP contribution in [0, 0.1) is 40.4 Å². The van der Waals surface area contributed by atoms with Crippen LogP contribution in [0.25, 0.3) is 0 Å². The first-order chi connectivity index (χ1) is 13.0. The Bertz CT molecular complexity index is 1010. The lowest BCUT2D eigenvalue weighted by Gasteiger charge is -2.31. The number of halogens is 3. The molecule has 6 nitrogen and oxygen atoms in total. The Morgan fingerprint density at radius 2 is 1.82 bits per heavy atom. The highest BCUT2D eigenvalue weighted by atomic mass is 19.4. The third kappa shape index (κ3) is 2.11. The summed E-state index contributed by atoms with van der Waals surface area (Å²) in [4.78, 5) is 26.9. The number of nitriles is 2. The summed E-state index contributed by atoms with van der Waals surface area (Å²) < 4.78 is 45.8. The first kappa shape index (κ1) is 18.5. The third-order valence-electron chi connectivity index (χ3n) is 6.18. The third-order valence-corrected chi connectivity index (χ3v) is 6.18. The second kappa shape index (κ2) is 5.33. The first-order valence-electron chi connectivity index (χ1n) is 8.57. The molecule has 2 amide bonds. The van der Waals surface area contributed by atoms with E-state index < -0.39 is 58.1 Å². The monoisotopic (exact) mass is 389 g/mol. The predicted octanol–water partition coefficient (Wildman–Crippen LogP) is 2.77. The number of carbonyl (C=O) groups excluding carboxylic acids is 2. The minimum absolute atomic E-state index is 0.240. The maximum atomic E-state index is 13.3. The van der Waals surface area contributed by atoms with Crippen molar-refractivity contribution in [2.75, 3.05) is 4.90 Å². The average molecular weight is 389 g/mol. The van der Waals surface area contributed by atoms with Crippen molar-refractivity contribution < 1.29 is 27.5 Å². The van der Waals surface area contributed by atoms with Gasteiger partial charge in [-0.15, -0.1) is 0 Å². The van der Waals surface area contributed by atoms with Gasteiger partial charge in [0.25, 0.3) is 0 Å². The summed E-state index contributed by atoms with van der Waals surface area (Å²) in [5.74, 6) is -3.72. The summed E-state index contributed by atoms with van der Waals surface area (Å²) in [5.41, 5.74) is -4.24. The van der Waals surface area contributed by atoms with E-state index in [4.69, 9.17) is 10.00 Å². The fraction of sp³-hybridized carbons (Fsp3) is 0.474. The molecule has 3 aliphatic heterocycles. The largest absolute Gasteiger partial charge is 0.417 e. The van der Waals surface area contributed by atoms with E-state index in [9.17, 15) is 28.0 Å². The van der Waals surface area contributed by atoms with Gasteiger partial charge in [-0.25, -0.2) is 4.90 Å². The normalized spacial score (nSPS) is 36.4. The van der Waals surface area contributed by atoms with E-state index in [1.165, 1.54) is 6.07 Å². The molecule has 2 bridgehead atoms. The summed E-state index contributed by atoms with van der Waals surface area (Å²) in [7, 11) is 0. The number of amides is 2. The molecule has 3 saturated heterocycles. The number of ether oxygens (including phenoxy) is 1. The van der Waals surface area contributed by atoms with Crippen LogP contribution < -0.4 is 4.90 Å². The highest BCUT2D eigenvalue weighted by Gasteiger charge is 2.76. The summed E-state index contributed by atoms with van der Waals surface area (Å²) in [6.45, 7) is 3.26. The van der Waals surface area contributed by atoms with E-state index in [1.807, 2.05) is 0 Å². The molecule has 3 aliphatic rings. The molecule has 1 aromatic carbocycles. The second-order valence-electron chi connectivity index (χ2n) is 7.79. The molecule has 28 heavy (non-hydrogen) atoms. The van der Waals surface area contributed by atoms with Gasteiger partial charge in [0.05, 0.1) is 57.9 Å². The Morgan fingerprint density at radius 1 is 1.18 bits per heavy atom. The lowest BCUT2D eigenvalue weighted by Crippen LogP contribution is -2.45. The molecular weight excluding hydrogens is 375 g/mol.